The molecule has 1 N–H and O–H groups in total. The van der Waals surface area contributed by atoms with Gasteiger partial charge in [0.05, 0.1) is 11.7 Å². The van der Waals surface area contributed by atoms with Crippen molar-refractivity contribution in [1.29, 1.82) is 0 Å². The lowest BCUT2D eigenvalue weighted by atomic mass is 9.88. The Kier molecular flexibility index (Phi) is 7.22. The van der Waals surface area contributed by atoms with E-state index in [1.165, 1.54) is 6.07 Å². The van der Waals surface area contributed by atoms with Crippen molar-refractivity contribution in [3.8, 4) is 5.75 Å². The van der Waals surface area contributed by atoms with Crippen LogP contribution in [0.5, 0.6) is 5.75 Å². The summed E-state index contributed by atoms with van der Waals surface area (Å²) in [5, 5.41) is 3.00. The molecule has 2 saturated heterocycles. The summed E-state index contributed by atoms with van der Waals surface area (Å²) in [5.74, 6) is 0.382. The van der Waals surface area contributed by atoms with Crippen LogP contribution in [-0.4, -0.2) is 48.8 Å². The fraction of sp³-hybridized carbons (Fsp3) is 0.423. The van der Waals surface area contributed by atoms with Crippen LogP contribution in [0.1, 0.15) is 41.6 Å². The van der Waals surface area contributed by atoms with Crippen molar-refractivity contribution >= 4 is 5.91 Å². The Labute approximate surface area is 189 Å². The van der Waals surface area contributed by atoms with Gasteiger partial charge < -0.3 is 14.8 Å². The minimum absolute atomic E-state index is 0.0252. The fourth-order valence-electron chi connectivity index (χ4n) is 4.58. The Morgan fingerprint density at radius 1 is 1.22 bits per heavy atom. The third-order valence-corrected chi connectivity index (χ3v) is 6.41. The molecule has 2 aliphatic heterocycles. The number of hydrogen-bond donors (Lipinski definition) is 1. The lowest BCUT2D eigenvalue weighted by Gasteiger charge is -2.39. The van der Waals surface area contributed by atoms with Crippen LogP contribution in [-0.2, 0) is 11.3 Å². The monoisotopic (exact) mass is 438 g/mol. The Morgan fingerprint density at radius 2 is 2.03 bits per heavy atom. The average molecular weight is 439 g/mol. The standard InChI is InChI=1S/C26H31FN2O3/c1-2-16-31-22-8-5-7-20(17-22)25(30)28-18-23-10-11-26(32-23)12-14-29(15-13-26)19-21-6-3-4-9-24(21)27/h2-9,17,23H,1,10-16,18-19H2,(H,28,30)/t23-/m1/s1. The molecule has 1 atom stereocenters. The molecule has 5 nitrogen and oxygen atoms in total. The Morgan fingerprint density at radius 3 is 2.81 bits per heavy atom. The summed E-state index contributed by atoms with van der Waals surface area (Å²) in [4.78, 5) is 14.9. The molecule has 4 rings (SSSR count). The van der Waals surface area contributed by atoms with E-state index in [0.29, 0.717) is 31.0 Å². The molecule has 0 saturated carbocycles. The van der Waals surface area contributed by atoms with E-state index in [1.807, 2.05) is 24.3 Å². The predicted molar refractivity (Wildman–Crippen MR) is 122 cm³/mol. The van der Waals surface area contributed by atoms with Crippen molar-refractivity contribution in [3.05, 3.63) is 78.1 Å². The van der Waals surface area contributed by atoms with Gasteiger partial charge in [-0.3, -0.25) is 9.69 Å². The van der Waals surface area contributed by atoms with Crippen LogP contribution in [0.4, 0.5) is 4.39 Å². The zero-order chi connectivity index (χ0) is 22.4. The van der Waals surface area contributed by atoms with Crippen LogP contribution in [0.25, 0.3) is 0 Å². The summed E-state index contributed by atoms with van der Waals surface area (Å²) < 4.78 is 25.9. The number of carbonyl (C=O) groups excluding carboxylic acids is 1. The van der Waals surface area contributed by atoms with Crippen LogP contribution >= 0.6 is 0 Å². The van der Waals surface area contributed by atoms with E-state index >= 15 is 0 Å². The molecule has 2 fully saturated rings. The molecule has 0 unspecified atom stereocenters. The molecule has 6 heteroatoms. The number of hydrogen-bond acceptors (Lipinski definition) is 4. The molecular formula is C26H31FN2O3. The number of rotatable bonds is 8. The number of carbonyl (C=O) groups is 1. The second-order valence-corrected chi connectivity index (χ2v) is 8.67. The molecule has 170 valence electrons. The second-order valence-electron chi connectivity index (χ2n) is 8.67. The van der Waals surface area contributed by atoms with E-state index in [1.54, 1.807) is 24.3 Å². The van der Waals surface area contributed by atoms with Crippen molar-refractivity contribution in [2.75, 3.05) is 26.2 Å². The summed E-state index contributed by atoms with van der Waals surface area (Å²) in [5.41, 5.74) is 1.20. The molecule has 2 heterocycles. The number of nitrogens with one attached hydrogen (secondary N) is 1. The highest BCUT2D eigenvalue weighted by Crippen LogP contribution is 2.39. The van der Waals surface area contributed by atoms with Gasteiger partial charge >= 0.3 is 0 Å². The molecule has 1 spiro atoms. The lowest BCUT2D eigenvalue weighted by molar-refractivity contribution is -0.0765. The van der Waals surface area contributed by atoms with Gasteiger partial charge in [-0.2, -0.15) is 0 Å². The Balaban J connectivity index is 1.23. The highest BCUT2D eigenvalue weighted by Gasteiger charge is 2.42. The van der Waals surface area contributed by atoms with E-state index < -0.39 is 0 Å². The van der Waals surface area contributed by atoms with E-state index in [2.05, 4.69) is 16.8 Å². The first-order valence-corrected chi connectivity index (χ1v) is 11.3. The summed E-state index contributed by atoms with van der Waals surface area (Å²) in [6.45, 7) is 6.96. The normalized spacial score (nSPS) is 20.2. The number of ether oxygens (including phenoxy) is 2. The molecule has 0 radical (unpaired) electrons. The van der Waals surface area contributed by atoms with Gasteiger partial charge in [-0.25, -0.2) is 4.39 Å². The topological polar surface area (TPSA) is 50.8 Å². The summed E-state index contributed by atoms with van der Waals surface area (Å²) in [7, 11) is 0. The SMILES string of the molecule is C=CCOc1cccc(C(=O)NC[C@H]2CCC3(CCN(Cc4ccccc4F)CC3)O2)c1. The number of amides is 1. The third kappa shape index (κ3) is 5.56. The van der Waals surface area contributed by atoms with Gasteiger partial charge in [-0.1, -0.05) is 36.9 Å². The Hall–Kier alpha value is -2.70. The predicted octanol–water partition coefficient (Wildman–Crippen LogP) is 4.33. The molecule has 2 aliphatic rings. The fourth-order valence-corrected chi connectivity index (χ4v) is 4.58. The van der Waals surface area contributed by atoms with Crippen molar-refractivity contribution in [1.82, 2.24) is 10.2 Å². The molecular weight excluding hydrogens is 407 g/mol. The van der Waals surface area contributed by atoms with E-state index in [4.69, 9.17) is 9.47 Å². The lowest BCUT2D eigenvalue weighted by Crippen LogP contribution is -2.45. The number of likely N-dealkylation sites (tertiary alicyclic amines) is 1. The van der Waals surface area contributed by atoms with E-state index in [0.717, 1.165) is 44.3 Å². The first kappa shape index (κ1) is 22.5. The van der Waals surface area contributed by atoms with Crippen molar-refractivity contribution in [3.63, 3.8) is 0 Å². The highest BCUT2D eigenvalue weighted by atomic mass is 19.1. The van der Waals surface area contributed by atoms with Crippen LogP contribution in [0.2, 0.25) is 0 Å². The first-order chi connectivity index (χ1) is 15.6. The van der Waals surface area contributed by atoms with Gasteiger partial charge in [0.25, 0.3) is 5.91 Å². The number of halogens is 1. The minimum Gasteiger partial charge on any atom is -0.490 e. The number of benzene rings is 2. The molecule has 2 aromatic rings. The van der Waals surface area contributed by atoms with Gasteiger partial charge in [0.1, 0.15) is 18.2 Å². The third-order valence-electron chi connectivity index (χ3n) is 6.41. The molecule has 0 aromatic heterocycles. The molecule has 0 bridgehead atoms. The summed E-state index contributed by atoms with van der Waals surface area (Å²) in [6, 6.07) is 14.1. The highest BCUT2D eigenvalue weighted by molar-refractivity contribution is 5.94. The van der Waals surface area contributed by atoms with Gasteiger partial charge in [0.2, 0.25) is 0 Å². The van der Waals surface area contributed by atoms with Crippen molar-refractivity contribution in [2.45, 2.75) is 43.9 Å². The van der Waals surface area contributed by atoms with Gasteiger partial charge in [-0.05, 0) is 49.9 Å². The smallest absolute Gasteiger partial charge is 0.251 e. The van der Waals surface area contributed by atoms with Crippen molar-refractivity contribution < 1.29 is 18.7 Å². The van der Waals surface area contributed by atoms with Crippen molar-refractivity contribution in [2.24, 2.45) is 0 Å². The molecule has 0 aliphatic carbocycles. The average Bonchev–Trinajstić information content (AvgIpc) is 3.22. The van der Waals surface area contributed by atoms with E-state index in [-0.39, 0.29) is 23.4 Å². The first-order valence-electron chi connectivity index (χ1n) is 11.3. The summed E-state index contributed by atoms with van der Waals surface area (Å²) >= 11 is 0. The Bertz CT molecular complexity index is 940. The van der Waals surface area contributed by atoms with Gasteiger partial charge in [0.15, 0.2) is 0 Å². The van der Waals surface area contributed by atoms with Crippen LogP contribution in [0, 0.1) is 5.82 Å². The molecule has 32 heavy (non-hydrogen) atoms. The van der Waals surface area contributed by atoms with Crippen LogP contribution in [0.15, 0.2) is 61.2 Å². The maximum Gasteiger partial charge on any atom is 0.251 e. The zero-order valence-corrected chi connectivity index (χ0v) is 18.4. The minimum atomic E-state index is -0.140. The van der Waals surface area contributed by atoms with Crippen LogP contribution < -0.4 is 10.1 Å². The quantitative estimate of drug-likeness (QED) is 0.623. The van der Waals surface area contributed by atoms with E-state index in [9.17, 15) is 9.18 Å². The zero-order valence-electron chi connectivity index (χ0n) is 18.4. The second kappa shape index (κ2) is 10.3. The largest absolute Gasteiger partial charge is 0.490 e. The molecule has 2 aromatic carbocycles. The van der Waals surface area contributed by atoms with Gasteiger partial charge in [-0.15, -0.1) is 0 Å². The maximum absolute atomic E-state index is 13.9. The number of piperidine rings is 1. The maximum atomic E-state index is 13.9. The number of nitrogens with zero attached hydrogens (tertiary/aromatic N) is 1. The summed E-state index contributed by atoms with van der Waals surface area (Å²) in [6.07, 6.45) is 5.52. The van der Waals surface area contributed by atoms with Crippen LogP contribution in [0.3, 0.4) is 0 Å². The molecule has 1 amide bonds. The van der Waals surface area contributed by atoms with Gasteiger partial charge in [0, 0.05) is 37.3 Å².